The molecule has 0 atom stereocenters. The monoisotopic (exact) mass is 273 g/mol. The van der Waals surface area contributed by atoms with E-state index in [9.17, 15) is 17.6 Å². The lowest BCUT2D eigenvalue weighted by atomic mass is 10.2. The Morgan fingerprint density at radius 2 is 2.06 bits per heavy atom. The van der Waals surface area contributed by atoms with Crippen molar-refractivity contribution in [2.24, 2.45) is 0 Å². The third kappa shape index (κ3) is 2.51. The lowest BCUT2D eigenvalue weighted by Gasteiger charge is -2.12. The van der Waals surface area contributed by atoms with Gasteiger partial charge in [0.25, 0.3) is 0 Å². The molecule has 0 unspecified atom stereocenters. The molecule has 0 amide bonds. The summed E-state index contributed by atoms with van der Waals surface area (Å²) in [4.78, 5) is 10.5. The van der Waals surface area contributed by atoms with E-state index in [4.69, 9.17) is 5.11 Å². The first-order valence-corrected chi connectivity index (χ1v) is 6.79. The summed E-state index contributed by atoms with van der Waals surface area (Å²) < 4.78 is 39.5. The highest BCUT2D eigenvalue weighted by Gasteiger charge is 2.41. The molecule has 0 bridgehead atoms. The zero-order valence-corrected chi connectivity index (χ0v) is 10.4. The van der Waals surface area contributed by atoms with E-state index in [1.54, 1.807) is 6.92 Å². The Bertz CT molecular complexity index is 607. The predicted molar refractivity (Wildman–Crippen MR) is 61.3 cm³/mol. The first kappa shape index (κ1) is 13.0. The van der Waals surface area contributed by atoms with E-state index >= 15 is 0 Å². The van der Waals surface area contributed by atoms with Gasteiger partial charge in [0.2, 0.25) is 10.0 Å². The van der Waals surface area contributed by atoms with Gasteiger partial charge in [0.05, 0.1) is 10.5 Å². The van der Waals surface area contributed by atoms with Crippen LogP contribution in [0.4, 0.5) is 4.39 Å². The van der Waals surface area contributed by atoms with Crippen molar-refractivity contribution in [2.45, 2.75) is 30.2 Å². The van der Waals surface area contributed by atoms with Crippen LogP contribution in [-0.4, -0.2) is 25.0 Å². The summed E-state index contributed by atoms with van der Waals surface area (Å²) in [6.07, 6.45) is 1.47. The van der Waals surface area contributed by atoms with Gasteiger partial charge >= 0.3 is 5.97 Å². The average Bonchev–Trinajstić information content (AvgIpc) is 2.94. The van der Waals surface area contributed by atoms with E-state index in [1.165, 1.54) is 0 Å². The zero-order chi connectivity index (χ0) is 13.6. The largest absolute Gasteiger partial charge is 0.478 e. The third-order valence-corrected chi connectivity index (χ3v) is 4.50. The van der Waals surface area contributed by atoms with Crippen LogP contribution in [-0.2, 0) is 10.0 Å². The lowest BCUT2D eigenvalue weighted by Crippen LogP contribution is -2.34. The summed E-state index contributed by atoms with van der Waals surface area (Å²) in [5.74, 6) is -2.46. The van der Waals surface area contributed by atoms with Crippen molar-refractivity contribution in [1.82, 2.24) is 4.72 Å². The van der Waals surface area contributed by atoms with Gasteiger partial charge in [0.15, 0.2) is 0 Å². The molecule has 2 rings (SSSR count). The SMILES string of the molecule is CC1(NS(=O)(=O)c2ccc(F)c(C(=O)O)c2)CC1. The van der Waals surface area contributed by atoms with Crippen molar-refractivity contribution < 1.29 is 22.7 Å². The molecule has 0 saturated heterocycles. The summed E-state index contributed by atoms with van der Waals surface area (Å²) >= 11 is 0. The van der Waals surface area contributed by atoms with Crippen molar-refractivity contribution in [3.63, 3.8) is 0 Å². The number of sulfonamides is 1. The quantitative estimate of drug-likeness (QED) is 0.867. The molecule has 2 N–H and O–H groups in total. The molecular weight excluding hydrogens is 261 g/mol. The normalized spacial score (nSPS) is 17.4. The number of carbonyl (C=O) groups is 1. The molecule has 0 spiro atoms. The molecule has 0 radical (unpaired) electrons. The van der Waals surface area contributed by atoms with Crippen molar-refractivity contribution in [3.8, 4) is 0 Å². The number of carboxylic acid groups (broad SMARTS) is 1. The minimum Gasteiger partial charge on any atom is -0.478 e. The highest BCUT2D eigenvalue weighted by atomic mass is 32.2. The van der Waals surface area contributed by atoms with Gasteiger partial charge in [-0.1, -0.05) is 0 Å². The maximum atomic E-state index is 13.2. The Morgan fingerprint density at radius 3 is 2.56 bits per heavy atom. The predicted octanol–water partition coefficient (Wildman–Crippen LogP) is 1.35. The fourth-order valence-corrected chi connectivity index (χ4v) is 3.00. The molecule has 0 heterocycles. The van der Waals surface area contributed by atoms with Gasteiger partial charge in [-0.15, -0.1) is 0 Å². The molecule has 0 aromatic heterocycles. The number of hydrogen-bond donors (Lipinski definition) is 2. The van der Waals surface area contributed by atoms with Crippen LogP contribution in [0.5, 0.6) is 0 Å². The smallest absolute Gasteiger partial charge is 0.338 e. The highest BCUT2D eigenvalue weighted by molar-refractivity contribution is 7.89. The molecule has 98 valence electrons. The van der Waals surface area contributed by atoms with E-state index in [0.717, 1.165) is 31.0 Å². The van der Waals surface area contributed by atoms with E-state index in [-0.39, 0.29) is 4.90 Å². The Kier molecular flexibility index (Phi) is 2.90. The Hall–Kier alpha value is -1.47. The second-order valence-corrected chi connectivity index (χ2v) is 6.30. The zero-order valence-electron chi connectivity index (χ0n) is 9.60. The first-order chi connectivity index (χ1) is 8.23. The van der Waals surface area contributed by atoms with Gasteiger partial charge in [0, 0.05) is 5.54 Å². The summed E-state index contributed by atoms with van der Waals surface area (Å²) in [5, 5.41) is 8.75. The van der Waals surface area contributed by atoms with Gasteiger partial charge in [0.1, 0.15) is 5.82 Å². The molecule has 1 saturated carbocycles. The molecule has 0 aliphatic heterocycles. The molecule has 1 aliphatic carbocycles. The van der Waals surface area contributed by atoms with Crippen molar-refractivity contribution in [2.75, 3.05) is 0 Å². The third-order valence-electron chi connectivity index (χ3n) is 2.86. The van der Waals surface area contributed by atoms with Crippen molar-refractivity contribution in [1.29, 1.82) is 0 Å². The van der Waals surface area contributed by atoms with Gasteiger partial charge in [-0.3, -0.25) is 0 Å². The van der Waals surface area contributed by atoms with Crippen LogP contribution in [0.2, 0.25) is 0 Å². The molecule has 18 heavy (non-hydrogen) atoms. The number of rotatable bonds is 4. The summed E-state index contributed by atoms with van der Waals surface area (Å²) in [6, 6.07) is 2.72. The number of carboxylic acids is 1. The standard InChI is InChI=1S/C11H12FNO4S/c1-11(4-5-11)13-18(16,17)7-2-3-9(12)8(6-7)10(14)15/h2-3,6,13H,4-5H2,1H3,(H,14,15). The summed E-state index contributed by atoms with van der Waals surface area (Å²) in [7, 11) is -3.81. The van der Waals surface area contributed by atoms with Crippen LogP contribution in [0.15, 0.2) is 23.1 Å². The molecule has 1 aromatic rings. The first-order valence-electron chi connectivity index (χ1n) is 5.30. The fourth-order valence-electron chi connectivity index (χ4n) is 1.51. The van der Waals surface area contributed by atoms with Crippen LogP contribution >= 0.6 is 0 Å². The van der Waals surface area contributed by atoms with Gasteiger partial charge in [-0.05, 0) is 38.0 Å². The van der Waals surface area contributed by atoms with Crippen LogP contribution < -0.4 is 4.72 Å². The number of hydrogen-bond acceptors (Lipinski definition) is 3. The second-order valence-electron chi connectivity index (χ2n) is 4.61. The van der Waals surface area contributed by atoms with Crippen LogP contribution in [0.3, 0.4) is 0 Å². The number of halogens is 1. The fraction of sp³-hybridized carbons (Fsp3) is 0.364. The maximum absolute atomic E-state index is 13.2. The van der Waals surface area contributed by atoms with E-state index in [0.29, 0.717) is 0 Å². The minimum absolute atomic E-state index is 0.241. The minimum atomic E-state index is -3.81. The summed E-state index contributed by atoms with van der Waals surface area (Å²) in [5.41, 5.74) is -1.12. The van der Waals surface area contributed by atoms with E-state index in [1.807, 2.05) is 0 Å². The van der Waals surface area contributed by atoms with Crippen molar-refractivity contribution in [3.05, 3.63) is 29.6 Å². The lowest BCUT2D eigenvalue weighted by molar-refractivity contribution is 0.0691. The number of aromatic carboxylic acids is 1. The maximum Gasteiger partial charge on any atom is 0.338 e. The molecule has 1 fully saturated rings. The van der Waals surface area contributed by atoms with Crippen LogP contribution in [0, 0.1) is 5.82 Å². The van der Waals surface area contributed by atoms with Crippen LogP contribution in [0.25, 0.3) is 0 Å². The second kappa shape index (κ2) is 4.03. The molecule has 1 aliphatic rings. The Labute approximate surface area is 104 Å². The molecule has 7 heteroatoms. The molecule has 5 nitrogen and oxygen atoms in total. The number of benzene rings is 1. The van der Waals surface area contributed by atoms with E-state index < -0.39 is 32.9 Å². The van der Waals surface area contributed by atoms with Gasteiger partial charge in [-0.2, -0.15) is 0 Å². The summed E-state index contributed by atoms with van der Waals surface area (Å²) in [6.45, 7) is 1.76. The Morgan fingerprint density at radius 1 is 1.44 bits per heavy atom. The Balaban J connectivity index is 2.39. The average molecular weight is 273 g/mol. The number of nitrogens with one attached hydrogen (secondary N) is 1. The molecular formula is C11H12FNO4S. The van der Waals surface area contributed by atoms with Gasteiger partial charge < -0.3 is 5.11 Å². The van der Waals surface area contributed by atoms with Gasteiger partial charge in [-0.25, -0.2) is 22.3 Å². The molecule has 1 aromatic carbocycles. The highest BCUT2D eigenvalue weighted by Crippen LogP contribution is 2.36. The van der Waals surface area contributed by atoms with Crippen LogP contribution in [0.1, 0.15) is 30.1 Å². The topological polar surface area (TPSA) is 83.5 Å². The van der Waals surface area contributed by atoms with E-state index in [2.05, 4.69) is 4.72 Å². The van der Waals surface area contributed by atoms with Crippen molar-refractivity contribution >= 4 is 16.0 Å².